The van der Waals surface area contributed by atoms with Gasteiger partial charge in [-0.05, 0) is 35.9 Å². The van der Waals surface area contributed by atoms with Crippen LogP contribution in [0.4, 0.5) is 11.5 Å². The van der Waals surface area contributed by atoms with E-state index >= 15 is 0 Å². The molecule has 0 atom stereocenters. The van der Waals surface area contributed by atoms with Gasteiger partial charge in [0.1, 0.15) is 11.6 Å². The van der Waals surface area contributed by atoms with Crippen LogP contribution in [0.2, 0.25) is 5.02 Å². The number of ether oxygens (including phenoxy) is 1. The molecule has 1 aliphatic rings. The highest BCUT2D eigenvalue weighted by atomic mass is 35.5. The summed E-state index contributed by atoms with van der Waals surface area (Å²) in [5.41, 5.74) is 1.05. The Morgan fingerprint density at radius 1 is 1.14 bits per heavy atom. The average Bonchev–Trinajstić information content (AvgIpc) is 2.94. The maximum Gasteiger partial charge on any atom is 0.266 e. The Bertz CT molecular complexity index is 1200. The van der Waals surface area contributed by atoms with Gasteiger partial charge in [-0.3, -0.25) is 4.79 Å². The fourth-order valence-corrected chi connectivity index (χ4v) is 4.75. The molecule has 1 N–H and O–H groups in total. The van der Waals surface area contributed by atoms with E-state index in [9.17, 15) is 13.2 Å². The van der Waals surface area contributed by atoms with Gasteiger partial charge in [0, 0.05) is 29.8 Å². The number of aromatic nitrogens is 1. The SMILES string of the molecule is CC(=O)Nc1cc(Oc2ccc(Cl)cc2)nc(N2Cc3ccccc3S2(=O)=O)c1. The van der Waals surface area contributed by atoms with Gasteiger partial charge < -0.3 is 10.1 Å². The van der Waals surface area contributed by atoms with Crippen molar-refractivity contribution in [3.8, 4) is 11.6 Å². The van der Waals surface area contributed by atoms with Crippen LogP contribution in [0.3, 0.4) is 0 Å². The van der Waals surface area contributed by atoms with Gasteiger partial charge in [-0.25, -0.2) is 12.7 Å². The van der Waals surface area contributed by atoms with E-state index in [1.165, 1.54) is 23.4 Å². The van der Waals surface area contributed by atoms with Crippen molar-refractivity contribution in [1.29, 1.82) is 0 Å². The summed E-state index contributed by atoms with van der Waals surface area (Å²) in [5.74, 6) is 0.462. The molecule has 2 aromatic carbocycles. The molecule has 0 aliphatic carbocycles. The zero-order valence-electron chi connectivity index (χ0n) is 15.3. The van der Waals surface area contributed by atoms with Crippen molar-refractivity contribution in [3.63, 3.8) is 0 Å². The van der Waals surface area contributed by atoms with Crippen molar-refractivity contribution in [3.05, 3.63) is 71.2 Å². The molecule has 0 radical (unpaired) electrons. The zero-order valence-corrected chi connectivity index (χ0v) is 16.9. The lowest BCUT2D eigenvalue weighted by Gasteiger charge is -2.18. The lowest BCUT2D eigenvalue weighted by atomic mass is 10.2. The van der Waals surface area contributed by atoms with Crippen molar-refractivity contribution in [2.45, 2.75) is 18.4 Å². The van der Waals surface area contributed by atoms with Gasteiger partial charge >= 0.3 is 0 Å². The van der Waals surface area contributed by atoms with Crippen LogP contribution < -0.4 is 14.4 Å². The van der Waals surface area contributed by atoms with Gasteiger partial charge in [-0.1, -0.05) is 29.8 Å². The number of nitrogens with zero attached hydrogens (tertiary/aromatic N) is 2. The smallest absolute Gasteiger partial charge is 0.266 e. The monoisotopic (exact) mass is 429 g/mol. The molecule has 0 unspecified atom stereocenters. The van der Waals surface area contributed by atoms with E-state index in [1.54, 1.807) is 48.5 Å². The minimum atomic E-state index is -3.75. The molecule has 148 valence electrons. The Morgan fingerprint density at radius 2 is 1.86 bits per heavy atom. The quantitative estimate of drug-likeness (QED) is 0.671. The third-order valence-electron chi connectivity index (χ3n) is 4.25. The highest BCUT2D eigenvalue weighted by molar-refractivity contribution is 7.93. The highest BCUT2D eigenvalue weighted by Crippen LogP contribution is 2.36. The first kappa shape index (κ1) is 19.2. The predicted molar refractivity (Wildman–Crippen MR) is 110 cm³/mol. The van der Waals surface area contributed by atoms with Crippen LogP contribution in [-0.4, -0.2) is 19.3 Å². The number of rotatable bonds is 4. The first-order valence-corrected chi connectivity index (χ1v) is 10.5. The molecule has 9 heteroatoms. The number of hydrogen-bond acceptors (Lipinski definition) is 5. The fourth-order valence-electron chi connectivity index (χ4n) is 3.02. The van der Waals surface area contributed by atoms with E-state index in [0.717, 1.165) is 0 Å². The standard InChI is InChI=1S/C20H16ClN3O4S/c1-13(25)22-16-10-19(23-20(11-16)28-17-8-6-15(21)7-9-17)24-12-14-4-2-3-5-18(14)29(24,26)27/h2-11H,12H2,1H3,(H,22,23,25). The molecule has 7 nitrogen and oxygen atoms in total. The number of benzene rings is 2. The van der Waals surface area contributed by atoms with Gasteiger partial charge in [0.15, 0.2) is 0 Å². The normalized spacial score (nSPS) is 14.3. The summed E-state index contributed by atoms with van der Waals surface area (Å²) >= 11 is 5.89. The maximum atomic E-state index is 13.0. The number of carbonyl (C=O) groups excluding carboxylic acids is 1. The number of nitrogens with one attached hydrogen (secondary N) is 1. The average molecular weight is 430 g/mol. The second-order valence-electron chi connectivity index (χ2n) is 6.41. The number of hydrogen-bond donors (Lipinski definition) is 1. The van der Waals surface area contributed by atoms with Crippen LogP contribution in [0.5, 0.6) is 11.6 Å². The van der Waals surface area contributed by atoms with Gasteiger partial charge in [-0.2, -0.15) is 4.98 Å². The zero-order chi connectivity index (χ0) is 20.6. The van der Waals surface area contributed by atoms with E-state index in [2.05, 4.69) is 10.3 Å². The summed E-state index contributed by atoms with van der Waals surface area (Å²) in [5, 5.41) is 3.21. The van der Waals surface area contributed by atoms with Gasteiger partial charge in [0.25, 0.3) is 10.0 Å². The maximum absolute atomic E-state index is 13.0. The first-order chi connectivity index (χ1) is 13.8. The van der Waals surface area contributed by atoms with Crippen molar-refractivity contribution >= 4 is 39.0 Å². The lowest BCUT2D eigenvalue weighted by molar-refractivity contribution is -0.114. The Balaban J connectivity index is 1.75. The summed E-state index contributed by atoms with van der Waals surface area (Å²) in [4.78, 5) is 16.1. The molecule has 0 saturated heterocycles. The summed E-state index contributed by atoms with van der Waals surface area (Å²) in [6.45, 7) is 1.51. The minimum absolute atomic E-state index is 0.139. The van der Waals surface area contributed by atoms with Crippen LogP contribution >= 0.6 is 11.6 Å². The second-order valence-corrected chi connectivity index (χ2v) is 8.68. The number of halogens is 1. The molecular weight excluding hydrogens is 414 g/mol. The Kier molecular flexibility index (Phi) is 4.89. The van der Waals surface area contributed by atoms with Gasteiger partial charge in [0.2, 0.25) is 11.8 Å². The minimum Gasteiger partial charge on any atom is -0.439 e. The van der Waals surface area contributed by atoms with Crippen molar-refractivity contribution in [2.24, 2.45) is 0 Å². The highest BCUT2D eigenvalue weighted by Gasteiger charge is 2.35. The van der Waals surface area contributed by atoms with Crippen molar-refractivity contribution < 1.29 is 17.9 Å². The molecule has 4 rings (SSSR count). The van der Waals surface area contributed by atoms with Crippen LogP contribution in [0.15, 0.2) is 65.6 Å². The third-order valence-corrected chi connectivity index (χ3v) is 6.36. The van der Waals surface area contributed by atoms with Crippen molar-refractivity contribution in [1.82, 2.24) is 4.98 Å². The summed E-state index contributed by atoms with van der Waals surface area (Å²) in [6.07, 6.45) is 0. The Morgan fingerprint density at radius 3 is 2.55 bits per heavy atom. The molecule has 1 amide bonds. The molecule has 1 aliphatic heterocycles. The predicted octanol–water partition coefficient (Wildman–Crippen LogP) is 4.19. The third kappa shape index (κ3) is 3.90. The van der Waals surface area contributed by atoms with Crippen LogP contribution in [-0.2, 0) is 21.4 Å². The number of fused-ring (bicyclic) bond motifs is 1. The van der Waals surface area contributed by atoms with Crippen LogP contribution in [0, 0.1) is 0 Å². The lowest BCUT2D eigenvalue weighted by Crippen LogP contribution is -2.25. The molecule has 0 saturated carbocycles. The van der Waals surface area contributed by atoms with E-state index in [-0.39, 0.29) is 29.0 Å². The Hall–Kier alpha value is -3.10. The number of sulfonamides is 1. The van der Waals surface area contributed by atoms with Gasteiger partial charge in [0.05, 0.1) is 11.4 Å². The molecule has 0 spiro atoms. The largest absolute Gasteiger partial charge is 0.439 e. The molecule has 0 fully saturated rings. The molecular formula is C20H16ClN3O4S. The number of pyridine rings is 1. The summed E-state index contributed by atoms with van der Waals surface area (Å²) < 4.78 is 32.9. The molecule has 29 heavy (non-hydrogen) atoms. The number of carbonyl (C=O) groups is 1. The van der Waals surface area contributed by atoms with Gasteiger partial charge in [-0.15, -0.1) is 0 Å². The molecule has 2 heterocycles. The first-order valence-electron chi connectivity index (χ1n) is 8.67. The number of anilines is 2. The molecule has 1 aromatic heterocycles. The van der Waals surface area contributed by atoms with E-state index in [1.807, 2.05) is 0 Å². The number of amides is 1. The van der Waals surface area contributed by atoms with E-state index in [0.29, 0.717) is 22.0 Å². The Labute approximate surface area is 173 Å². The van der Waals surface area contributed by atoms with E-state index < -0.39 is 10.0 Å². The van der Waals surface area contributed by atoms with Crippen LogP contribution in [0.25, 0.3) is 0 Å². The van der Waals surface area contributed by atoms with Crippen molar-refractivity contribution in [2.75, 3.05) is 9.62 Å². The van der Waals surface area contributed by atoms with Crippen LogP contribution in [0.1, 0.15) is 12.5 Å². The fraction of sp³-hybridized carbons (Fsp3) is 0.100. The molecule has 0 bridgehead atoms. The second kappa shape index (κ2) is 7.38. The van der Waals surface area contributed by atoms with E-state index in [4.69, 9.17) is 16.3 Å². The molecule has 3 aromatic rings. The summed E-state index contributed by atoms with van der Waals surface area (Å²) in [6, 6.07) is 16.5. The summed E-state index contributed by atoms with van der Waals surface area (Å²) in [7, 11) is -3.75. The topological polar surface area (TPSA) is 88.6 Å².